The fourth-order valence-electron chi connectivity index (χ4n) is 4.10. The summed E-state index contributed by atoms with van der Waals surface area (Å²) in [5.41, 5.74) is 1.18. The van der Waals surface area contributed by atoms with Crippen LogP contribution in [0.1, 0.15) is 49.5 Å². The lowest BCUT2D eigenvalue weighted by Crippen LogP contribution is -2.50. The summed E-state index contributed by atoms with van der Waals surface area (Å²) in [6.07, 6.45) is 5.21. The summed E-state index contributed by atoms with van der Waals surface area (Å²) in [5.74, 6) is 0.326. The Hall–Kier alpha value is -2.72. The number of anilines is 1. The van der Waals surface area contributed by atoms with E-state index >= 15 is 0 Å². The van der Waals surface area contributed by atoms with Gasteiger partial charge in [-0.05, 0) is 51.8 Å². The minimum Gasteiger partial charge on any atom is -0.309 e. The molecule has 1 saturated carbocycles. The lowest BCUT2D eigenvalue weighted by atomic mass is 10.0. The van der Waals surface area contributed by atoms with Crippen LogP contribution in [0.15, 0.2) is 40.5 Å². The Labute approximate surface area is 181 Å². The number of sulfonamides is 1. The number of amides is 1. The minimum atomic E-state index is -3.71. The molecule has 0 atom stereocenters. The molecule has 1 amide bonds. The predicted octanol–water partition coefficient (Wildman–Crippen LogP) is 1.86. The zero-order valence-corrected chi connectivity index (χ0v) is 18.9. The lowest BCUT2D eigenvalue weighted by molar-refractivity contribution is 0.0833. The maximum absolute atomic E-state index is 13.5. The van der Waals surface area contributed by atoms with Crippen LogP contribution in [-0.4, -0.2) is 52.6 Å². The Morgan fingerprint density at radius 3 is 2.58 bits per heavy atom. The van der Waals surface area contributed by atoms with E-state index in [1.807, 2.05) is 38.9 Å². The van der Waals surface area contributed by atoms with E-state index in [0.717, 1.165) is 18.4 Å². The van der Waals surface area contributed by atoms with Crippen LogP contribution in [0.4, 0.5) is 5.69 Å². The van der Waals surface area contributed by atoms with E-state index < -0.39 is 10.0 Å². The van der Waals surface area contributed by atoms with Crippen molar-refractivity contribution in [3.63, 3.8) is 0 Å². The van der Waals surface area contributed by atoms with Crippen molar-refractivity contribution in [2.24, 2.45) is 12.0 Å². The number of aryl methyl sites for hydroxylation is 1. The lowest BCUT2D eigenvalue weighted by Gasteiger charge is -2.36. The van der Waals surface area contributed by atoms with Crippen molar-refractivity contribution < 1.29 is 13.2 Å². The van der Waals surface area contributed by atoms with E-state index in [9.17, 15) is 13.2 Å². The molecule has 0 bridgehead atoms. The molecule has 10 heteroatoms. The Balaban J connectivity index is 1.57. The van der Waals surface area contributed by atoms with Crippen molar-refractivity contribution in [2.45, 2.75) is 56.1 Å². The summed E-state index contributed by atoms with van der Waals surface area (Å²) in [6.45, 7) is 6.84. The number of hydrogen-bond acceptors (Lipinski definition) is 6. The van der Waals surface area contributed by atoms with Crippen LogP contribution in [0.3, 0.4) is 0 Å². The van der Waals surface area contributed by atoms with Crippen molar-refractivity contribution in [3.8, 4) is 0 Å². The van der Waals surface area contributed by atoms with Crippen LogP contribution in [0.5, 0.6) is 0 Å². The van der Waals surface area contributed by atoms with Crippen molar-refractivity contribution >= 4 is 27.6 Å². The van der Waals surface area contributed by atoms with Gasteiger partial charge >= 0.3 is 0 Å². The second-order valence-corrected chi connectivity index (χ2v) is 11.3. The topological polar surface area (TPSA) is 99.9 Å². The molecule has 5 rings (SSSR count). The van der Waals surface area contributed by atoms with Crippen molar-refractivity contribution in [3.05, 3.63) is 41.7 Å². The van der Waals surface area contributed by atoms with Crippen molar-refractivity contribution in [1.29, 1.82) is 0 Å². The van der Waals surface area contributed by atoms with Gasteiger partial charge in [0.05, 0.1) is 41.0 Å². The molecular formula is C21H26N6O3S. The third-order valence-corrected chi connectivity index (χ3v) is 7.59. The molecule has 2 aliphatic heterocycles. The van der Waals surface area contributed by atoms with Gasteiger partial charge in [-0.25, -0.2) is 18.1 Å². The Morgan fingerprint density at radius 2 is 1.94 bits per heavy atom. The summed E-state index contributed by atoms with van der Waals surface area (Å²) in [4.78, 5) is 22.0. The number of aromatic nitrogens is 2. The van der Waals surface area contributed by atoms with Crippen LogP contribution < -0.4 is 9.62 Å². The maximum atomic E-state index is 13.5. The van der Waals surface area contributed by atoms with E-state index in [2.05, 4.69) is 9.82 Å². The molecule has 1 aromatic carbocycles. The number of rotatable bonds is 5. The molecule has 1 fully saturated rings. The highest BCUT2D eigenvalue weighted by atomic mass is 32.2. The molecule has 31 heavy (non-hydrogen) atoms. The normalized spacial score (nSPS) is 21.0. The van der Waals surface area contributed by atoms with Gasteiger partial charge in [-0.3, -0.25) is 14.4 Å². The Morgan fingerprint density at radius 1 is 1.19 bits per heavy atom. The van der Waals surface area contributed by atoms with Crippen LogP contribution in [0, 0.1) is 0 Å². The zero-order valence-electron chi connectivity index (χ0n) is 18.1. The molecular weight excluding hydrogens is 416 g/mol. The number of guanidine groups is 1. The van der Waals surface area contributed by atoms with E-state index in [1.54, 1.807) is 27.9 Å². The second kappa shape index (κ2) is 6.39. The first-order valence-electron chi connectivity index (χ1n) is 10.3. The van der Waals surface area contributed by atoms with E-state index in [-0.39, 0.29) is 21.9 Å². The average Bonchev–Trinajstić information content (AvgIpc) is 3.09. The van der Waals surface area contributed by atoms with Gasteiger partial charge in [0.1, 0.15) is 0 Å². The number of carbonyl (C=O) groups excluding carboxylic acids is 1. The van der Waals surface area contributed by atoms with Gasteiger partial charge in [0.25, 0.3) is 5.91 Å². The largest absolute Gasteiger partial charge is 0.309 e. The van der Waals surface area contributed by atoms with E-state index in [4.69, 9.17) is 4.99 Å². The highest BCUT2D eigenvalue weighted by Gasteiger charge is 2.44. The highest BCUT2D eigenvalue weighted by Crippen LogP contribution is 2.39. The van der Waals surface area contributed by atoms with E-state index in [1.165, 1.54) is 6.07 Å². The Kier molecular flexibility index (Phi) is 4.17. The molecule has 0 unspecified atom stereocenters. The number of aliphatic imine (C=N–C) groups is 1. The molecule has 9 nitrogen and oxygen atoms in total. The number of hydrogen-bond donors (Lipinski definition) is 1. The third kappa shape index (κ3) is 3.53. The SMILES string of the molecule is Cn1cc(CN2C(=O)c3cc(S(=O)(=O)NC4(C)CC4)ccc3N3CC(C)(C)N=C23)cn1. The summed E-state index contributed by atoms with van der Waals surface area (Å²) in [6, 6.07) is 4.78. The van der Waals surface area contributed by atoms with Gasteiger partial charge < -0.3 is 4.90 Å². The van der Waals surface area contributed by atoms with Crippen LogP contribution >= 0.6 is 0 Å². The van der Waals surface area contributed by atoms with Gasteiger partial charge in [-0.1, -0.05) is 0 Å². The Bertz CT molecular complexity index is 1230. The average molecular weight is 443 g/mol. The maximum Gasteiger partial charge on any atom is 0.263 e. The highest BCUT2D eigenvalue weighted by molar-refractivity contribution is 7.89. The number of nitrogens with zero attached hydrogens (tertiary/aromatic N) is 5. The van der Waals surface area contributed by atoms with Gasteiger partial charge in [0.2, 0.25) is 16.0 Å². The first kappa shape index (κ1) is 20.2. The van der Waals surface area contributed by atoms with E-state index in [0.29, 0.717) is 30.3 Å². The quantitative estimate of drug-likeness (QED) is 0.762. The first-order valence-corrected chi connectivity index (χ1v) is 11.8. The van der Waals surface area contributed by atoms with Crippen LogP contribution in [0.2, 0.25) is 0 Å². The van der Waals surface area contributed by atoms with Gasteiger partial charge in [-0.2, -0.15) is 5.10 Å². The minimum absolute atomic E-state index is 0.105. The van der Waals surface area contributed by atoms with Crippen LogP contribution in [-0.2, 0) is 23.6 Å². The number of carbonyl (C=O) groups is 1. The third-order valence-electron chi connectivity index (χ3n) is 5.96. The molecule has 0 radical (unpaired) electrons. The molecule has 164 valence electrons. The molecule has 0 spiro atoms. The molecule has 1 aliphatic carbocycles. The molecule has 3 aliphatic rings. The second-order valence-electron chi connectivity index (χ2n) is 9.57. The number of nitrogens with one attached hydrogen (secondary N) is 1. The van der Waals surface area contributed by atoms with Gasteiger partial charge in [-0.15, -0.1) is 0 Å². The summed E-state index contributed by atoms with van der Waals surface area (Å²) < 4.78 is 30.2. The van der Waals surface area contributed by atoms with Crippen LogP contribution in [0.25, 0.3) is 0 Å². The predicted molar refractivity (Wildman–Crippen MR) is 116 cm³/mol. The van der Waals surface area contributed by atoms with Gasteiger partial charge in [0.15, 0.2) is 0 Å². The molecule has 2 aromatic rings. The van der Waals surface area contributed by atoms with Gasteiger partial charge in [0, 0.05) is 24.3 Å². The van der Waals surface area contributed by atoms with Crippen molar-refractivity contribution in [2.75, 3.05) is 11.4 Å². The first-order chi connectivity index (χ1) is 14.5. The summed E-state index contributed by atoms with van der Waals surface area (Å²) >= 11 is 0. The monoisotopic (exact) mass is 442 g/mol. The summed E-state index contributed by atoms with van der Waals surface area (Å²) in [7, 11) is -1.89. The zero-order chi connectivity index (χ0) is 22.2. The molecule has 1 N–H and O–H groups in total. The number of fused-ring (bicyclic) bond motifs is 3. The fourth-order valence-corrected chi connectivity index (χ4v) is 5.59. The smallest absolute Gasteiger partial charge is 0.263 e. The molecule has 1 aromatic heterocycles. The standard InChI is InChI=1S/C21H26N6O3S/c1-20(2)13-27-17-6-5-15(31(29,30)24-21(3)7-8-21)9-16(17)18(28)26(19(27)23-20)12-14-10-22-25(4)11-14/h5-6,9-11,24H,7-8,12-13H2,1-4H3. The summed E-state index contributed by atoms with van der Waals surface area (Å²) in [5, 5.41) is 4.19. The van der Waals surface area contributed by atoms with Crippen molar-refractivity contribution in [1.82, 2.24) is 19.4 Å². The molecule has 0 saturated heterocycles. The fraction of sp³-hybridized carbons (Fsp3) is 0.476. The molecule has 3 heterocycles. The number of benzene rings is 1.